The third-order valence-corrected chi connectivity index (χ3v) is 0.904. The molecule has 0 bridgehead atoms. The molecule has 0 aliphatic carbocycles. The van der Waals surface area contributed by atoms with Crippen molar-refractivity contribution in [3.8, 4) is 0 Å². The van der Waals surface area contributed by atoms with E-state index in [1.807, 2.05) is 27.0 Å². The van der Waals surface area contributed by atoms with E-state index in [1.165, 1.54) is 0 Å². The van der Waals surface area contributed by atoms with Gasteiger partial charge in [0.05, 0.1) is 6.54 Å². The van der Waals surface area contributed by atoms with Crippen LogP contribution in [0, 0.1) is 0 Å². The Balaban J connectivity index is 3.91. The van der Waals surface area contributed by atoms with Crippen molar-refractivity contribution in [3.05, 3.63) is 11.8 Å². The molecule has 0 radical (unpaired) electrons. The van der Waals surface area contributed by atoms with Crippen molar-refractivity contribution < 1.29 is 0 Å². The second-order valence-electron chi connectivity index (χ2n) is 2.43. The highest BCUT2D eigenvalue weighted by Gasteiger charge is 1.82. The quantitative estimate of drug-likeness (QED) is 0.533. The standard InChI is InChI=1S/C8H14N2/c1-7(2)10-6-8(3)5-9-4/h6H,4-5H2,1-3H3. The maximum atomic E-state index is 4.11. The maximum Gasteiger partial charge on any atom is 0.0607 e. The van der Waals surface area contributed by atoms with E-state index < -0.39 is 0 Å². The van der Waals surface area contributed by atoms with Crippen molar-refractivity contribution in [1.82, 2.24) is 0 Å². The fourth-order valence-corrected chi connectivity index (χ4v) is 0.456. The summed E-state index contributed by atoms with van der Waals surface area (Å²) in [6.07, 6.45) is 1.82. The molecule has 0 aromatic carbocycles. The van der Waals surface area contributed by atoms with Crippen LogP contribution in [0.1, 0.15) is 20.8 Å². The largest absolute Gasteiger partial charge is 0.296 e. The molecule has 0 aliphatic rings. The first-order chi connectivity index (χ1) is 4.66. The Morgan fingerprint density at radius 3 is 2.40 bits per heavy atom. The molecule has 0 heterocycles. The average Bonchev–Trinajstić information content (AvgIpc) is 1.85. The zero-order chi connectivity index (χ0) is 7.98. The molecule has 0 aliphatic heterocycles. The number of nitrogens with zero attached hydrogens (tertiary/aromatic N) is 2. The summed E-state index contributed by atoms with van der Waals surface area (Å²) in [4.78, 5) is 7.84. The average molecular weight is 138 g/mol. The van der Waals surface area contributed by atoms with Crippen LogP contribution in [0.5, 0.6) is 0 Å². The highest BCUT2D eigenvalue weighted by Crippen LogP contribution is 1.92. The molecular weight excluding hydrogens is 124 g/mol. The van der Waals surface area contributed by atoms with Crippen LogP contribution >= 0.6 is 0 Å². The van der Waals surface area contributed by atoms with Gasteiger partial charge in [0.1, 0.15) is 0 Å². The molecule has 2 nitrogen and oxygen atoms in total. The summed E-state index contributed by atoms with van der Waals surface area (Å²) in [5.74, 6) is 0. The molecule has 0 rings (SSSR count). The summed E-state index contributed by atoms with van der Waals surface area (Å²) in [5.41, 5.74) is 2.19. The lowest BCUT2D eigenvalue weighted by Gasteiger charge is -1.90. The zero-order valence-corrected chi connectivity index (χ0v) is 6.89. The zero-order valence-electron chi connectivity index (χ0n) is 6.89. The summed E-state index contributed by atoms with van der Waals surface area (Å²) < 4.78 is 0. The normalized spacial score (nSPS) is 10.9. The molecule has 0 atom stereocenters. The van der Waals surface area contributed by atoms with E-state index in [-0.39, 0.29) is 0 Å². The Morgan fingerprint density at radius 2 is 2.00 bits per heavy atom. The number of hydrogen-bond donors (Lipinski definition) is 0. The molecule has 0 saturated heterocycles. The highest BCUT2D eigenvalue weighted by atomic mass is 14.7. The van der Waals surface area contributed by atoms with Gasteiger partial charge in [0.2, 0.25) is 0 Å². The van der Waals surface area contributed by atoms with Crippen LogP contribution in [-0.4, -0.2) is 19.0 Å². The van der Waals surface area contributed by atoms with Crippen molar-refractivity contribution >= 4 is 12.4 Å². The van der Waals surface area contributed by atoms with E-state index in [0.717, 1.165) is 11.3 Å². The van der Waals surface area contributed by atoms with E-state index in [2.05, 4.69) is 16.7 Å². The van der Waals surface area contributed by atoms with Crippen LogP contribution in [0.25, 0.3) is 0 Å². The van der Waals surface area contributed by atoms with Crippen molar-refractivity contribution in [3.63, 3.8) is 0 Å². The van der Waals surface area contributed by atoms with Crippen molar-refractivity contribution in [2.75, 3.05) is 6.54 Å². The Hall–Kier alpha value is -0.920. The topological polar surface area (TPSA) is 24.7 Å². The first-order valence-electron chi connectivity index (χ1n) is 3.26. The summed E-state index contributed by atoms with van der Waals surface area (Å²) >= 11 is 0. The summed E-state index contributed by atoms with van der Waals surface area (Å²) in [6.45, 7) is 9.98. The van der Waals surface area contributed by atoms with Gasteiger partial charge in [-0.2, -0.15) is 0 Å². The Bertz CT molecular complexity index is 162. The van der Waals surface area contributed by atoms with Crippen molar-refractivity contribution in [2.24, 2.45) is 9.98 Å². The van der Waals surface area contributed by atoms with Crippen LogP contribution in [0.3, 0.4) is 0 Å². The van der Waals surface area contributed by atoms with Gasteiger partial charge in [0.25, 0.3) is 0 Å². The lowest BCUT2D eigenvalue weighted by Crippen LogP contribution is -1.82. The molecule has 0 saturated carbocycles. The van der Waals surface area contributed by atoms with Gasteiger partial charge >= 0.3 is 0 Å². The molecule has 0 fully saturated rings. The molecule has 10 heavy (non-hydrogen) atoms. The van der Waals surface area contributed by atoms with Gasteiger partial charge in [-0.25, -0.2) is 0 Å². The molecule has 56 valence electrons. The number of aliphatic imine (C=N–C) groups is 2. The molecule has 0 spiro atoms. The molecule has 2 heteroatoms. The first kappa shape index (κ1) is 9.08. The monoisotopic (exact) mass is 138 g/mol. The summed E-state index contributed by atoms with van der Waals surface area (Å²) in [7, 11) is 0. The van der Waals surface area contributed by atoms with Crippen LogP contribution in [0.2, 0.25) is 0 Å². The van der Waals surface area contributed by atoms with E-state index in [0.29, 0.717) is 6.54 Å². The van der Waals surface area contributed by atoms with Gasteiger partial charge in [0.15, 0.2) is 0 Å². The second-order valence-corrected chi connectivity index (χ2v) is 2.43. The molecule has 0 N–H and O–H groups in total. The van der Waals surface area contributed by atoms with Gasteiger partial charge in [-0.15, -0.1) is 0 Å². The maximum absolute atomic E-state index is 4.11. The predicted molar refractivity (Wildman–Crippen MR) is 47.0 cm³/mol. The van der Waals surface area contributed by atoms with E-state index in [9.17, 15) is 0 Å². The Labute approximate surface area is 62.4 Å². The number of rotatable bonds is 3. The summed E-state index contributed by atoms with van der Waals surface area (Å²) in [5, 5.41) is 0. The fraction of sp³-hybridized carbons (Fsp3) is 0.500. The SMILES string of the molecule is C=NCC(C)=CN=C(C)C. The minimum atomic E-state index is 0.677. The minimum absolute atomic E-state index is 0.677. The van der Waals surface area contributed by atoms with Crippen LogP contribution in [-0.2, 0) is 0 Å². The van der Waals surface area contributed by atoms with E-state index >= 15 is 0 Å². The lowest BCUT2D eigenvalue weighted by molar-refractivity contribution is 1.13. The second kappa shape index (κ2) is 4.91. The fourth-order valence-electron chi connectivity index (χ4n) is 0.456. The van der Waals surface area contributed by atoms with Crippen molar-refractivity contribution in [2.45, 2.75) is 20.8 Å². The minimum Gasteiger partial charge on any atom is -0.296 e. The van der Waals surface area contributed by atoms with Crippen LogP contribution < -0.4 is 0 Å². The Morgan fingerprint density at radius 1 is 1.40 bits per heavy atom. The van der Waals surface area contributed by atoms with Gasteiger partial charge in [-0.05, 0) is 33.1 Å². The highest BCUT2D eigenvalue weighted by molar-refractivity contribution is 5.79. The van der Waals surface area contributed by atoms with E-state index in [4.69, 9.17) is 0 Å². The summed E-state index contributed by atoms with van der Waals surface area (Å²) in [6, 6.07) is 0. The van der Waals surface area contributed by atoms with Gasteiger partial charge in [-0.3, -0.25) is 9.98 Å². The first-order valence-corrected chi connectivity index (χ1v) is 3.26. The third-order valence-electron chi connectivity index (χ3n) is 0.904. The molecule has 0 unspecified atom stereocenters. The Kier molecular flexibility index (Phi) is 4.46. The van der Waals surface area contributed by atoms with Gasteiger partial charge in [0, 0.05) is 11.9 Å². The number of hydrogen-bond acceptors (Lipinski definition) is 2. The van der Waals surface area contributed by atoms with Gasteiger partial charge < -0.3 is 0 Å². The smallest absolute Gasteiger partial charge is 0.0607 e. The molecule has 0 amide bonds. The van der Waals surface area contributed by atoms with Crippen LogP contribution in [0.15, 0.2) is 21.8 Å². The molecular formula is C8H14N2. The van der Waals surface area contributed by atoms with Crippen molar-refractivity contribution in [1.29, 1.82) is 0 Å². The van der Waals surface area contributed by atoms with E-state index in [1.54, 1.807) is 0 Å². The van der Waals surface area contributed by atoms with Gasteiger partial charge in [-0.1, -0.05) is 0 Å². The lowest BCUT2D eigenvalue weighted by atomic mass is 10.3. The third kappa shape index (κ3) is 5.22. The molecule has 0 aromatic rings. The molecule has 0 aromatic heterocycles. The van der Waals surface area contributed by atoms with Crippen LogP contribution in [0.4, 0.5) is 0 Å². The predicted octanol–water partition coefficient (Wildman–Crippen LogP) is 2.07.